The van der Waals surface area contributed by atoms with Gasteiger partial charge in [-0.15, -0.1) is 0 Å². The quantitative estimate of drug-likeness (QED) is 0.900. The molecule has 6 nitrogen and oxygen atoms in total. The Morgan fingerprint density at radius 1 is 1.27 bits per heavy atom. The Morgan fingerprint density at radius 3 is 2.45 bits per heavy atom. The van der Waals surface area contributed by atoms with Gasteiger partial charge in [0.25, 0.3) is 5.91 Å². The number of benzene rings is 1. The highest BCUT2D eigenvalue weighted by Crippen LogP contribution is 2.13. The van der Waals surface area contributed by atoms with Gasteiger partial charge in [0, 0.05) is 19.3 Å². The summed E-state index contributed by atoms with van der Waals surface area (Å²) in [7, 11) is -1.78. The van der Waals surface area contributed by atoms with Crippen LogP contribution in [0, 0.1) is 6.92 Å². The molecule has 22 heavy (non-hydrogen) atoms. The number of carbonyl (C=O) groups excluding carboxylic acids is 1. The highest BCUT2D eigenvalue weighted by Gasteiger charge is 2.21. The first-order valence-electron chi connectivity index (χ1n) is 6.88. The standard InChI is InChI=1S/C15H19N3O3S/c1-11-4-6-13(7-5-11)22(20,21)10-12(2)17-15(19)14-8-9-16-18(14)3/h4-9,12H,10H2,1-3H3,(H,17,19)/t12-/m1/s1. The van der Waals surface area contributed by atoms with E-state index in [0.717, 1.165) is 5.56 Å². The summed E-state index contributed by atoms with van der Waals surface area (Å²) in [5.41, 5.74) is 1.39. The topological polar surface area (TPSA) is 81.1 Å². The third kappa shape index (κ3) is 3.73. The van der Waals surface area contributed by atoms with E-state index >= 15 is 0 Å². The van der Waals surface area contributed by atoms with E-state index in [1.165, 1.54) is 10.9 Å². The molecule has 1 N–H and O–H groups in total. The van der Waals surface area contributed by atoms with E-state index in [-0.39, 0.29) is 16.6 Å². The van der Waals surface area contributed by atoms with Crippen LogP contribution in [0.3, 0.4) is 0 Å². The van der Waals surface area contributed by atoms with Crippen LogP contribution in [0.5, 0.6) is 0 Å². The summed E-state index contributed by atoms with van der Waals surface area (Å²) in [4.78, 5) is 12.3. The summed E-state index contributed by atoms with van der Waals surface area (Å²) in [6, 6.07) is 7.75. The molecule has 0 bridgehead atoms. The van der Waals surface area contributed by atoms with Gasteiger partial charge < -0.3 is 5.32 Å². The van der Waals surface area contributed by atoms with Gasteiger partial charge in [-0.05, 0) is 32.0 Å². The van der Waals surface area contributed by atoms with Crippen LogP contribution in [0.4, 0.5) is 0 Å². The zero-order chi connectivity index (χ0) is 16.3. The lowest BCUT2D eigenvalue weighted by Gasteiger charge is -2.14. The monoisotopic (exact) mass is 321 g/mol. The summed E-state index contributed by atoms with van der Waals surface area (Å²) in [5, 5.41) is 6.59. The zero-order valence-electron chi connectivity index (χ0n) is 12.8. The third-order valence-electron chi connectivity index (χ3n) is 3.28. The van der Waals surface area contributed by atoms with Gasteiger partial charge in [-0.3, -0.25) is 9.48 Å². The van der Waals surface area contributed by atoms with Crippen molar-refractivity contribution in [2.45, 2.75) is 24.8 Å². The molecule has 0 unspecified atom stereocenters. The molecule has 2 aromatic rings. The maximum atomic E-state index is 12.3. The van der Waals surface area contributed by atoms with Crippen LogP contribution in [0.1, 0.15) is 23.0 Å². The maximum absolute atomic E-state index is 12.3. The molecule has 0 saturated heterocycles. The van der Waals surface area contributed by atoms with Gasteiger partial charge in [0.05, 0.1) is 10.6 Å². The fourth-order valence-corrected chi connectivity index (χ4v) is 3.59. The van der Waals surface area contributed by atoms with Gasteiger partial charge in [-0.25, -0.2) is 8.42 Å². The molecule has 118 valence electrons. The third-order valence-corrected chi connectivity index (χ3v) is 5.21. The molecular formula is C15H19N3O3S. The lowest BCUT2D eigenvalue weighted by Crippen LogP contribution is -2.38. The van der Waals surface area contributed by atoms with Crippen molar-refractivity contribution in [1.82, 2.24) is 15.1 Å². The van der Waals surface area contributed by atoms with E-state index in [1.54, 1.807) is 44.3 Å². The lowest BCUT2D eigenvalue weighted by molar-refractivity contribution is 0.0934. The molecule has 1 heterocycles. The largest absolute Gasteiger partial charge is 0.347 e. The SMILES string of the molecule is Cc1ccc(S(=O)(=O)C[C@@H](C)NC(=O)c2ccnn2C)cc1. The van der Waals surface area contributed by atoms with Crippen LogP contribution in [0.25, 0.3) is 0 Å². The number of nitrogens with zero attached hydrogens (tertiary/aromatic N) is 2. The van der Waals surface area contributed by atoms with Crippen LogP contribution in [0.15, 0.2) is 41.4 Å². The smallest absolute Gasteiger partial charge is 0.269 e. The fraction of sp³-hybridized carbons (Fsp3) is 0.333. The highest BCUT2D eigenvalue weighted by atomic mass is 32.2. The molecule has 1 amide bonds. The van der Waals surface area contributed by atoms with Crippen molar-refractivity contribution in [3.8, 4) is 0 Å². The number of hydrogen-bond donors (Lipinski definition) is 1. The molecule has 0 aliphatic carbocycles. The van der Waals surface area contributed by atoms with E-state index in [2.05, 4.69) is 10.4 Å². The summed E-state index contributed by atoms with van der Waals surface area (Å²) >= 11 is 0. The normalized spacial score (nSPS) is 12.9. The van der Waals surface area contributed by atoms with Crippen LogP contribution >= 0.6 is 0 Å². The minimum atomic E-state index is -3.44. The van der Waals surface area contributed by atoms with E-state index in [0.29, 0.717) is 5.69 Å². The Bertz CT molecular complexity index is 764. The summed E-state index contributed by atoms with van der Waals surface area (Å²) < 4.78 is 26.1. The number of amides is 1. The number of aromatic nitrogens is 2. The second-order valence-electron chi connectivity index (χ2n) is 5.31. The first-order chi connectivity index (χ1) is 10.3. The van der Waals surface area contributed by atoms with Gasteiger partial charge in [-0.2, -0.15) is 5.10 Å². The van der Waals surface area contributed by atoms with Crippen LogP contribution in [-0.2, 0) is 16.9 Å². The zero-order valence-corrected chi connectivity index (χ0v) is 13.6. The number of hydrogen-bond acceptors (Lipinski definition) is 4. The Morgan fingerprint density at radius 2 is 1.91 bits per heavy atom. The number of nitrogens with one attached hydrogen (secondary N) is 1. The van der Waals surface area contributed by atoms with Crippen molar-refractivity contribution in [2.75, 3.05) is 5.75 Å². The number of rotatable bonds is 5. The van der Waals surface area contributed by atoms with Crippen molar-refractivity contribution in [2.24, 2.45) is 7.05 Å². The van der Waals surface area contributed by atoms with Crippen molar-refractivity contribution in [3.05, 3.63) is 47.8 Å². The van der Waals surface area contributed by atoms with Crippen LogP contribution in [0.2, 0.25) is 0 Å². The number of sulfone groups is 1. The van der Waals surface area contributed by atoms with Gasteiger partial charge in [0.15, 0.2) is 9.84 Å². The fourth-order valence-electron chi connectivity index (χ4n) is 2.11. The minimum absolute atomic E-state index is 0.153. The van der Waals surface area contributed by atoms with Gasteiger partial charge in [0.2, 0.25) is 0 Å². The summed E-state index contributed by atoms with van der Waals surface area (Å²) in [6.07, 6.45) is 1.52. The lowest BCUT2D eigenvalue weighted by atomic mass is 10.2. The van der Waals surface area contributed by atoms with E-state index < -0.39 is 15.9 Å². The summed E-state index contributed by atoms with van der Waals surface area (Å²) in [5.74, 6) is -0.494. The maximum Gasteiger partial charge on any atom is 0.269 e. The first-order valence-corrected chi connectivity index (χ1v) is 8.53. The van der Waals surface area contributed by atoms with Crippen molar-refractivity contribution in [1.29, 1.82) is 0 Å². The molecule has 1 aromatic heterocycles. The van der Waals surface area contributed by atoms with Gasteiger partial charge >= 0.3 is 0 Å². The Kier molecular flexibility index (Phi) is 4.65. The van der Waals surface area contributed by atoms with Crippen LogP contribution in [-0.4, -0.2) is 35.9 Å². The van der Waals surface area contributed by atoms with E-state index in [9.17, 15) is 13.2 Å². The molecule has 1 atom stereocenters. The number of aryl methyl sites for hydroxylation is 2. The molecular weight excluding hydrogens is 302 g/mol. The molecule has 0 aliphatic heterocycles. The van der Waals surface area contributed by atoms with Crippen LogP contribution < -0.4 is 5.32 Å². The van der Waals surface area contributed by atoms with Crippen molar-refractivity contribution < 1.29 is 13.2 Å². The first kappa shape index (κ1) is 16.2. The van der Waals surface area contributed by atoms with Crippen molar-refractivity contribution >= 4 is 15.7 Å². The van der Waals surface area contributed by atoms with Gasteiger partial charge in [-0.1, -0.05) is 17.7 Å². The predicted octanol–water partition coefficient (Wildman–Crippen LogP) is 1.32. The van der Waals surface area contributed by atoms with E-state index in [4.69, 9.17) is 0 Å². The molecule has 1 aromatic carbocycles. The second-order valence-corrected chi connectivity index (χ2v) is 7.34. The average Bonchev–Trinajstić information content (AvgIpc) is 2.84. The molecule has 7 heteroatoms. The Labute approximate surface area is 130 Å². The Balaban J connectivity index is 2.05. The molecule has 0 fully saturated rings. The molecule has 0 saturated carbocycles. The minimum Gasteiger partial charge on any atom is -0.347 e. The average molecular weight is 321 g/mol. The van der Waals surface area contributed by atoms with E-state index in [1.807, 2.05) is 6.92 Å². The molecule has 0 radical (unpaired) electrons. The number of carbonyl (C=O) groups is 1. The van der Waals surface area contributed by atoms with Crippen molar-refractivity contribution in [3.63, 3.8) is 0 Å². The second kappa shape index (κ2) is 6.31. The predicted molar refractivity (Wildman–Crippen MR) is 83.4 cm³/mol. The molecule has 0 aliphatic rings. The molecule has 0 spiro atoms. The molecule has 2 rings (SSSR count). The summed E-state index contributed by atoms with van der Waals surface area (Å²) in [6.45, 7) is 3.56. The Hall–Kier alpha value is -2.15. The van der Waals surface area contributed by atoms with Gasteiger partial charge in [0.1, 0.15) is 5.69 Å². The highest BCUT2D eigenvalue weighted by molar-refractivity contribution is 7.91.